The summed E-state index contributed by atoms with van der Waals surface area (Å²) in [7, 11) is 7.89. The van der Waals surface area contributed by atoms with Gasteiger partial charge in [-0.05, 0) is 94.8 Å². The van der Waals surface area contributed by atoms with E-state index in [1.54, 1.807) is 22.7 Å². The normalized spacial score (nSPS) is 19.8. The number of thiophene rings is 2. The predicted octanol–water partition coefficient (Wildman–Crippen LogP) is 8.31. The largest absolute Gasteiger partial charge is 0.340 e. The van der Waals surface area contributed by atoms with E-state index in [-0.39, 0.29) is 36.0 Å². The molecule has 8 rings (SSSR count). The van der Waals surface area contributed by atoms with Crippen LogP contribution in [-0.2, 0) is 9.59 Å². The molecule has 5 aromatic rings. The third kappa shape index (κ3) is 7.13. The lowest BCUT2D eigenvalue weighted by atomic mass is 10.0. The molecule has 2 aromatic carbocycles. The van der Waals surface area contributed by atoms with Crippen LogP contribution in [0.15, 0.2) is 102 Å². The maximum atomic E-state index is 14.0. The third-order valence-corrected chi connectivity index (χ3v) is 13.4. The summed E-state index contributed by atoms with van der Waals surface area (Å²) in [6.07, 6.45) is 8.47. The first-order valence-corrected chi connectivity index (χ1v) is 20.4. The molecule has 1 N–H and O–H groups in total. The zero-order valence-corrected chi connectivity index (χ0v) is 32.9. The molecule has 3 aliphatic rings. The van der Waals surface area contributed by atoms with Crippen LogP contribution in [0.25, 0.3) is 25.9 Å². The molecule has 2 fully saturated rings. The number of aromatic amines is 1. The van der Waals surface area contributed by atoms with Gasteiger partial charge in [-0.3, -0.25) is 24.4 Å². The molecule has 3 aliphatic heterocycles. The number of likely N-dealkylation sites (tertiary alicyclic amines) is 2. The average Bonchev–Trinajstić information content (AvgIpc) is 4.02. The van der Waals surface area contributed by atoms with E-state index >= 15 is 0 Å². The van der Waals surface area contributed by atoms with Crippen molar-refractivity contribution in [3.8, 4) is 20.3 Å². The first-order chi connectivity index (χ1) is 26.3. The number of imidazole rings is 1. The number of hydrogen-bond donors (Lipinski definition) is 1. The number of aromatic nitrogens is 2. The Hall–Kier alpha value is -4.68. The molecule has 2 saturated heterocycles. The zero-order chi connectivity index (χ0) is 37.3. The molecular weight excluding hydrogens is 711 g/mol. The lowest BCUT2D eigenvalue weighted by Crippen LogP contribution is -2.45. The van der Waals surface area contributed by atoms with E-state index in [2.05, 4.69) is 34.1 Å². The van der Waals surface area contributed by atoms with Gasteiger partial charge in [0, 0.05) is 46.1 Å². The summed E-state index contributed by atoms with van der Waals surface area (Å²) in [5, 5.41) is 0. The Morgan fingerprint density at radius 2 is 1.22 bits per heavy atom. The smallest absolute Gasteiger partial charge is 0.245 e. The van der Waals surface area contributed by atoms with Gasteiger partial charge in [0.15, 0.2) is 0 Å². The molecule has 0 unspecified atom stereocenters. The first kappa shape index (κ1) is 36.3. The van der Waals surface area contributed by atoms with E-state index in [0.29, 0.717) is 0 Å². The molecule has 2 amide bonds. The number of carbonyl (C=O) groups is 2. The summed E-state index contributed by atoms with van der Waals surface area (Å²) in [5.74, 6) is 1.11. The standard InChI is InChI=1S/C43H47N7O2S2/c1-47(2)39(28-13-7-5-8-14-28)42(51)49-23-11-17-33(49)31-25-30(26-44-31)35-19-21-37(53-35)38-22-20-36(54-38)32-27-45-41(46-32)34-18-12-24-50(34)43(52)40(48(3)4)29-15-9-6-10-16-29/h5-10,13-16,19-22,26-27,33-34,39-40H,11-12,17-18,23-25H2,1-4H3,(H,45,46)/t33-,34-,39+,40+/m0/s1. The number of aliphatic imine (C=N–C) groups is 1. The second kappa shape index (κ2) is 15.6. The highest BCUT2D eigenvalue weighted by Crippen LogP contribution is 2.42. The van der Waals surface area contributed by atoms with Crippen LogP contribution in [0.2, 0.25) is 0 Å². The second-order valence-corrected chi connectivity index (χ2v) is 17.1. The first-order valence-electron chi connectivity index (χ1n) is 18.8. The summed E-state index contributed by atoms with van der Waals surface area (Å²) in [5.41, 5.74) is 5.29. The van der Waals surface area contributed by atoms with Gasteiger partial charge in [-0.2, -0.15) is 0 Å². The summed E-state index contributed by atoms with van der Waals surface area (Å²) in [4.78, 5) is 54.1. The van der Waals surface area contributed by atoms with E-state index in [4.69, 9.17) is 9.98 Å². The fraction of sp³-hybridized carbons (Fsp3) is 0.349. The zero-order valence-electron chi connectivity index (χ0n) is 31.3. The molecule has 54 heavy (non-hydrogen) atoms. The van der Waals surface area contributed by atoms with E-state index in [9.17, 15) is 9.59 Å². The van der Waals surface area contributed by atoms with Crippen molar-refractivity contribution in [2.45, 2.75) is 56.3 Å². The molecule has 0 saturated carbocycles. The highest BCUT2D eigenvalue weighted by molar-refractivity contribution is 7.24. The number of benzene rings is 2. The van der Waals surface area contributed by atoms with Gasteiger partial charge in [0.1, 0.15) is 17.9 Å². The van der Waals surface area contributed by atoms with Crippen molar-refractivity contribution in [3.05, 3.63) is 119 Å². The molecular formula is C43H47N7O2S2. The average molecular weight is 758 g/mol. The maximum absolute atomic E-state index is 14.0. The molecule has 0 bridgehead atoms. The Labute approximate surface area is 325 Å². The molecule has 0 radical (unpaired) electrons. The summed E-state index contributed by atoms with van der Waals surface area (Å²) < 4.78 is 0. The molecule has 6 heterocycles. The summed E-state index contributed by atoms with van der Waals surface area (Å²) in [6.45, 7) is 1.49. The van der Waals surface area contributed by atoms with Crippen LogP contribution >= 0.6 is 22.7 Å². The second-order valence-electron chi connectivity index (χ2n) is 14.9. The predicted molar refractivity (Wildman–Crippen MR) is 219 cm³/mol. The van der Waals surface area contributed by atoms with Gasteiger partial charge in [0.25, 0.3) is 0 Å². The lowest BCUT2D eigenvalue weighted by Gasteiger charge is -2.32. The van der Waals surface area contributed by atoms with Gasteiger partial charge < -0.3 is 14.8 Å². The van der Waals surface area contributed by atoms with Gasteiger partial charge in [-0.25, -0.2) is 4.98 Å². The van der Waals surface area contributed by atoms with Crippen molar-refractivity contribution < 1.29 is 9.59 Å². The van der Waals surface area contributed by atoms with Crippen LogP contribution < -0.4 is 0 Å². The van der Waals surface area contributed by atoms with Gasteiger partial charge >= 0.3 is 0 Å². The number of amides is 2. The van der Waals surface area contributed by atoms with Crippen molar-refractivity contribution in [2.75, 3.05) is 41.3 Å². The fourth-order valence-corrected chi connectivity index (χ4v) is 10.4. The van der Waals surface area contributed by atoms with E-state index in [0.717, 1.165) is 78.4 Å². The van der Waals surface area contributed by atoms with Crippen molar-refractivity contribution in [1.29, 1.82) is 0 Å². The third-order valence-electron chi connectivity index (χ3n) is 10.9. The summed E-state index contributed by atoms with van der Waals surface area (Å²) >= 11 is 3.54. The number of H-pyrrole nitrogens is 1. The fourth-order valence-electron chi connectivity index (χ4n) is 8.29. The van der Waals surface area contributed by atoms with Crippen molar-refractivity contribution in [1.82, 2.24) is 29.6 Å². The molecule has 0 spiro atoms. The number of rotatable bonds is 11. The van der Waals surface area contributed by atoms with Crippen molar-refractivity contribution >= 4 is 45.8 Å². The van der Waals surface area contributed by atoms with E-state index in [1.165, 1.54) is 20.2 Å². The number of nitrogens with zero attached hydrogens (tertiary/aromatic N) is 6. The monoisotopic (exact) mass is 757 g/mol. The molecule has 11 heteroatoms. The van der Waals surface area contributed by atoms with Crippen LogP contribution in [0.4, 0.5) is 0 Å². The van der Waals surface area contributed by atoms with Gasteiger partial charge in [0.05, 0.1) is 28.9 Å². The maximum Gasteiger partial charge on any atom is 0.245 e. The number of carbonyl (C=O) groups excluding carboxylic acids is 2. The van der Waals surface area contributed by atoms with Crippen LogP contribution in [0.1, 0.15) is 72.1 Å². The number of nitrogens with one attached hydrogen (secondary N) is 1. The van der Waals surface area contributed by atoms with Crippen LogP contribution in [0.3, 0.4) is 0 Å². The van der Waals surface area contributed by atoms with Crippen LogP contribution in [0.5, 0.6) is 0 Å². The minimum absolute atomic E-state index is 0.0312. The molecule has 4 atom stereocenters. The van der Waals surface area contributed by atoms with Crippen LogP contribution in [0, 0.1) is 0 Å². The van der Waals surface area contributed by atoms with Crippen molar-refractivity contribution in [3.63, 3.8) is 0 Å². The molecule has 9 nitrogen and oxygen atoms in total. The Bertz CT molecular complexity index is 2170. The number of likely N-dealkylation sites (N-methyl/N-ethyl adjacent to an activating group) is 2. The quantitative estimate of drug-likeness (QED) is 0.147. The van der Waals surface area contributed by atoms with Gasteiger partial charge in [-0.1, -0.05) is 60.7 Å². The molecule has 0 aliphatic carbocycles. The molecule has 278 valence electrons. The van der Waals surface area contributed by atoms with E-state index < -0.39 is 0 Å². The number of hydrogen-bond acceptors (Lipinski definition) is 8. The topological polar surface area (TPSA) is 88.1 Å². The molecule has 3 aromatic heterocycles. The lowest BCUT2D eigenvalue weighted by molar-refractivity contribution is -0.137. The highest BCUT2D eigenvalue weighted by atomic mass is 32.1. The van der Waals surface area contributed by atoms with Crippen LogP contribution in [-0.4, -0.2) is 94.4 Å². The Kier molecular flexibility index (Phi) is 10.5. The van der Waals surface area contributed by atoms with Gasteiger partial charge in [-0.15, -0.1) is 22.7 Å². The van der Waals surface area contributed by atoms with E-state index in [1.807, 2.05) is 116 Å². The van der Waals surface area contributed by atoms with Crippen molar-refractivity contribution in [2.24, 2.45) is 4.99 Å². The highest BCUT2D eigenvalue weighted by Gasteiger charge is 2.39. The number of allylic oxidation sites excluding steroid dienone is 1. The Morgan fingerprint density at radius 1 is 0.704 bits per heavy atom. The minimum atomic E-state index is -0.336. The Balaban J connectivity index is 0.923. The van der Waals surface area contributed by atoms with Gasteiger partial charge in [0.2, 0.25) is 11.8 Å². The minimum Gasteiger partial charge on any atom is -0.340 e. The SMILES string of the molecule is CN(C)[C@@H](C(=O)N1CCC[C@H]1C1=NC=C(c2ccc(-c3ccc(-c4cnc([C@@H]5CCCN5C(=O)[C@@H](c5ccccc5)N(C)C)[nH]4)s3)s2)C1)c1ccccc1. The summed E-state index contributed by atoms with van der Waals surface area (Å²) in [6, 6.07) is 28.2. The Morgan fingerprint density at radius 3 is 1.81 bits per heavy atom.